The van der Waals surface area contributed by atoms with Gasteiger partial charge in [-0.2, -0.15) is 0 Å². The van der Waals surface area contributed by atoms with E-state index in [0.717, 1.165) is 4.47 Å². The van der Waals surface area contributed by atoms with Gasteiger partial charge in [0.05, 0.1) is 8.07 Å². The summed E-state index contributed by atoms with van der Waals surface area (Å²) in [5.41, 5.74) is 4.68. The summed E-state index contributed by atoms with van der Waals surface area (Å²) >= 11 is 3.51. The van der Waals surface area contributed by atoms with E-state index in [4.69, 9.17) is 0 Å². The van der Waals surface area contributed by atoms with Crippen LogP contribution in [0, 0.1) is 5.70 Å². The number of hydrogen-bond donors (Lipinski definition) is 0. The van der Waals surface area contributed by atoms with Crippen LogP contribution in [0.2, 0.25) is 19.6 Å². The Kier molecular flexibility index (Phi) is 3.51. The molecule has 0 aromatic heterocycles. The van der Waals surface area contributed by atoms with Gasteiger partial charge in [0, 0.05) is 4.47 Å². The molecule has 0 atom stereocenters. The molecule has 0 spiro atoms. The van der Waals surface area contributed by atoms with Crippen molar-refractivity contribution in [2.75, 3.05) is 0 Å². The topological polar surface area (TPSA) is 0 Å². The predicted molar refractivity (Wildman–Crippen MR) is 65.2 cm³/mol. The molecule has 0 aliphatic rings. The van der Waals surface area contributed by atoms with Crippen molar-refractivity contribution in [1.29, 1.82) is 0 Å². The van der Waals surface area contributed by atoms with Gasteiger partial charge < -0.3 is 0 Å². The molecule has 1 rings (SSSR count). The van der Waals surface area contributed by atoms with Crippen LogP contribution in [0.1, 0.15) is 5.56 Å². The molecule has 0 aliphatic carbocycles. The van der Waals surface area contributed by atoms with E-state index >= 15 is 0 Å². The third-order valence-corrected chi connectivity index (χ3v) is 3.30. The molecule has 0 bridgehead atoms. The summed E-state index contributed by atoms with van der Waals surface area (Å²) in [4.78, 5) is 0. The van der Waals surface area contributed by atoms with Gasteiger partial charge in [-0.1, -0.05) is 65.5 Å². The van der Waals surface area contributed by atoms with Crippen molar-refractivity contribution in [3.05, 3.63) is 40.0 Å². The van der Waals surface area contributed by atoms with Crippen LogP contribution in [-0.2, 0) is 0 Å². The minimum Gasteiger partial charge on any atom is -0.0656 e. The summed E-state index contributed by atoms with van der Waals surface area (Å²) in [5, 5.41) is 0. The van der Waals surface area contributed by atoms with Gasteiger partial charge in [0.2, 0.25) is 0 Å². The Labute approximate surface area is 89.8 Å². The van der Waals surface area contributed by atoms with Crippen molar-refractivity contribution < 1.29 is 0 Å². The van der Waals surface area contributed by atoms with Gasteiger partial charge in [-0.15, -0.1) is 0 Å². The Morgan fingerprint density at radius 3 is 2.38 bits per heavy atom. The van der Waals surface area contributed by atoms with Crippen molar-refractivity contribution >= 4 is 30.1 Å². The molecule has 0 saturated heterocycles. The molecule has 0 heterocycles. The Bertz CT molecular complexity index is 310. The number of halogens is 1. The maximum atomic E-state index is 3.51. The first-order valence-corrected chi connectivity index (χ1v) is 8.64. The van der Waals surface area contributed by atoms with Crippen LogP contribution in [0.15, 0.2) is 28.7 Å². The summed E-state index contributed by atoms with van der Waals surface area (Å²) in [6.07, 6.45) is 2.09. The van der Waals surface area contributed by atoms with Crippen molar-refractivity contribution in [2.45, 2.75) is 19.6 Å². The van der Waals surface area contributed by atoms with E-state index in [0.29, 0.717) is 0 Å². The van der Waals surface area contributed by atoms with Crippen LogP contribution in [-0.4, -0.2) is 8.07 Å². The van der Waals surface area contributed by atoms with Crippen molar-refractivity contribution in [3.8, 4) is 0 Å². The Morgan fingerprint density at radius 2 is 1.85 bits per heavy atom. The summed E-state index contributed by atoms with van der Waals surface area (Å²) in [5.74, 6) is 0. The zero-order valence-corrected chi connectivity index (χ0v) is 10.9. The molecule has 1 radical (unpaired) electrons. The fourth-order valence-electron chi connectivity index (χ4n) is 0.886. The van der Waals surface area contributed by atoms with E-state index in [1.165, 1.54) is 5.56 Å². The first-order valence-electron chi connectivity index (χ1n) is 4.34. The fraction of sp³-hybridized carbons (Fsp3) is 0.273. The van der Waals surface area contributed by atoms with Crippen LogP contribution in [0.5, 0.6) is 0 Å². The molecule has 2 heteroatoms. The SMILES string of the molecule is C[Si](C)(C)[C]=Cc1ccccc1Br. The van der Waals surface area contributed by atoms with E-state index in [1.54, 1.807) is 0 Å². The van der Waals surface area contributed by atoms with E-state index in [9.17, 15) is 0 Å². The van der Waals surface area contributed by atoms with Crippen LogP contribution in [0.3, 0.4) is 0 Å². The molecule has 13 heavy (non-hydrogen) atoms. The lowest BCUT2D eigenvalue weighted by molar-refractivity contribution is 1.60. The van der Waals surface area contributed by atoms with Gasteiger partial charge in [0.25, 0.3) is 0 Å². The lowest BCUT2D eigenvalue weighted by Crippen LogP contribution is -2.16. The second kappa shape index (κ2) is 4.25. The van der Waals surface area contributed by atoms with Crippen LogP contribution in [0.4, 0.5) is 0 Å². The maximum absolute atomic E-state index is 3.51. The summed E-state index contributed by atoms with van der Waals surface area (Å²) in [7, 11) is -1.19. The molecular weight excluding hydrogens is 240 g/mol. The quantitative estimate of drug-likeness (QED) is 0.696. The summed E-state index contributed by atoms with van der Waals surface area (Å²) < 4.78 is 1.14. The zero-order valence-electron chi connectivity index (χ0n) is 8.26. The lowest BCUT2D eigenvalue weighted by Gasteiger charge is -2.07. The van der Waals surface area contributed by atoms with E-state index in [-0.39, 0.29) is 0 Å². The molecule has 0 N–H and O–H groups in total. The first-order chi connectivity index (χ1) is 5.99. The Balaban J connectivity index is 2.86. The van der Waals surface area contributed by atoms with Gasteiger partial charge in [0.15, 0.2) is 0 Å². The van der Waals surface area contributed by atoms with Crippen molar-refractivity contribution in [2.24, 2.45) is 0 Å². The van der Waals surface area contributed by atoms with Gasteiger partial charge in [-0.25, -0.2) is 0 Å². The molecule has 0 aliphatic heterocycles. The second-order valence-electron chi connectivity index (χ2n) is 4.06. The largest absolute Gasteiger partial charge is 0.0774 e. The Hall–Kier alpha value is -0.343. The minimum absolute atomic E-state index is 1.14. The highest BCUT2D eigenvalue weighted by Gasteiger charge is 2.07. The van der Waals surface area contributed by atoms with E-state index < -0.39 is 8.07 Å². The molecule has 0 fully saturated rings. The highest BCUT2D eigenvalue weighted by Crippen LogP contribution is 2.18. The van der Waals surface area contributed by atoms with Gasteiger partial charge in [-0.05, 0) is 11.6 Å². The van der Waals surface area contributed by atoms with Crippen molar-refractivity contribution in [1.82, 2.24) is 0 Å². The molecule has 1 aromatic carbocycles. The standard InChI is InChI=1S/C11H14BrSi/c1-13(2,3)9-8-10-6-4-5-7-11(10)12/h4-8H,1-3H3. The van der Waals surface area contributed by atoms with E-state index in [1.807, 2.05) is 12.1 Å². The molecule has 69 valence electrons. The average molecular weight is 254 g/mol. The first kappa shape index (κ1) is 10.7. The number of rotatable bonds is 2. The highest BCUT2D eigenvalue weighted by atomic mass is 79.9. The monoisotopic (exact) mass is 253 g/mol. The fourth-order valence-corrected chi connectivity index (χ4v) is 1.87. The summed E-state index contributed by atoms with van der Waals surface area (Å²) in [6.45, 7) is 6.83. The van der Waals surface area contributed by atoms with Crippen LogP contribution < -0.4 is 0 Å². The number of benzene rings is 1. The van der Waals surface area contributed by atoms with Gasteiger partial charge >= 0.3 is 0 Å². The highest BCUT2D eigenvalue weighted by molar-refractivity contribution is 9.10. The minimum atomic E-state index is -1.19. The summed E-state index contributed by atoms with van der Waals surface area (Å²) in [6, 6.07) is 8.22. The average Bonchev–Trinajstić information content (AvgIpc) is 2.01. The zero-order chi connectivity index (χ0) is 9.90. The normalized spacial score (nSPS) is 12.3. The second-order valence-corrected chi connectivity index (χ2v) is 9.70. The molecule has 1 aromatic rings. The van der Waals surface area contributed by atoms with Crippen molar-refractivity contribution in [3.63, 3.8) is 0 Å². The molecule has 0 unspecified atom stereocenters. The molecular formula is C11H14BrSi. The molecule has 0 saturated carbocycles. The van der Waals surface area contributed by atoms with E-state index in [2.05, 4.69) is 59.5 Å². The van der Waals surface area contributed by atoms with Crippen LogP contribution >= 0.6 is 15.9 Å². The Morgan fingerprint density at radius 1 is 1.23 bits per heavy atom. The molecule has 0 nitrogen and oxygen atoms in total. The smallest absolute Gasteiger partial charge is 0.0656 e. The number of hydrogen-bond acceptors (Lipinski definition) is 0. The van der Waals surface area contributed by atoms with Crippen LogP contribution in [0.25, 0.3) is 6.08 Å². The predicted octanol–water partition coefficient (Wildman–Crippen LogP) is 4.14. The van der Waals surface area contributed by atoms with Gasteiger partial charge in [0.1, 0.15) is 0 Å². The third kappa shape index (κ3) is 3.92. The van der Waals surface area contributed by atoms with Gasteiger partial charge in [-0.3, -0.25) is 0 Å². The lowest BCUT2D eigenvalue weighted by atomic mass is 10.2. The third-order valence-electron chi connectivity index (χ3n) is 1.57. The maximum Gasteiger partial charge on any atom is 0.0774 e. The molecule has 0 amide bonds.